The van der Waals surface area contributed by atoms with E-state index < -0.39 is 45.9 Å². The molecule has 0 spiro atoms. The van der Waals surface area contributed by atoms with Gasteiger partial charge in [0.2, 0.25) is 0 Å². The molecule has 32 heavy (non-hydrogen) atoms. The van der Waals surface area contributed by atoms with Crippen LogP contribution in [-0.4, -0.2) is 35.5 Å². The fourth-order valence-corrected chi connectivity index (χ4v) is 3.37. The van der Waals surface area contributed by atoms with E-state index in [9.17, 15) is 32.9 Å². The summed E-state index contributed by atoms with van der Waals surface area (Å²) in [5, 5.41) is 13.9. The van der Waals surface area contributed by atoms with E-state index in [-0.39, 0.29) is 16.8 Å². The maximum absolute atomic E-state index is 13.8. The average molecular weight is 519 g/mol. The van der Waals surface area contributed by atoms with Crippen molar-refractivity contribution < 1.29 is 37.2 Å². The fourth-order valence-electron chi connectivity index (χ4n) is 3.11. The van der Waals surface area contributed by atoms with E-state index in [1.807, 2.05) is 0 Å². The number of benzene rings is 1. The number of hydrogen-bond acceptors (Lipinski definition) is 7. The Labute approximate surface area is 189 Å². The van der Waals surface area contributed by atoms with Gasteiger partial charge in [-0.25, -0.2) is 9.59 Å². The van der Waals surface area contributed by atoms with Gasteiger partial charge in [0.25, 0.3) is 5.69 Å². The minimum atomic E-state index is -5.00. The molecule has 172 valence electrons. The summed E-state index contributed by atoms with van der Waals surface area (Å²) >= 11 is 3.19. The van der Waals surface area contributed by atoms with Gasteiger partial charge in [-0.05, 0) is 25.0 Å². The molecular formula is C20H18BrF3N2O6. The number of ether oxygens (including phenoxy) is 2. The van der Waals surface area contributed by atoms with Crippen LogP contribution in [0.5, 0.6) is 0 Å². The number of alkyl halides is 4. The Balaban J connectivity index is 2.74. The van der Waals surface area contributed by atoms with E-state index >= 15 is 0 Å². The van der Waals surface area contributed by atoms with Gasteiger partial charge in [0.15, 0.2) is 0 Å². The standard InChI is InChI=1S/C20H18BrF3N2O6/c1-11-14(19(28)32-9-4-3-8-21)15(12-6-5-7-13(10-12)26(29)30)16(18(27)31-2)17(25-11)20(22,23)24/h4-7,9-10,15,25H,3,8H2,1-2H3. The lowest BCUT2D eigenvalue weighted by molar-refractivity contribution is -0.384. The molecule has 1 N–H and O–H groups in total. The summed E-state index contributed by atoms with van der Waals surface area (Å²) in [6.45, 7) is 1.21. The minimum Gasteiger partial charge on any atom is -0.466 e. The molecule has 0 saturated carbocycles. The summed E-state index contributed by atoms with van der Waals surface area (Å²) in [5.41, 5.74) is -3.39. The Kier molecular flexibility index (Phi) is 8.19. The highest BCUT2D eigenvalue weighted by Crippen LogP contribution is 2.43. The lowest BCUT2D eigenvalue weighted by atomic mass is 9.80. The summed E-state index contributed by atoms with van der Waals surface area (Å²) in [6, 6.07) is 4.65. The number of carbonyl (C=O) groups excluding carboxylic acids is 2. The molecule has 0 saturated heterocycles. The van der Waals surface area contributed by atoms with E-state index in [1.165, 1.54) is 25.1 Å². The lowest BCUT2D eigenvalue weighted by Gasteiger charge is -2.31. The van der Waals surface area contributed by atoms with Crippen molar-refractivity contribution >= 4 is 33.6 Å². The number of rotatable bonds is 7. The third-order valence-electron chi connectivity index (χ3n) is 4.43. The first-order valence-electron chi connectivity index (χ1n) is 9.06. The second-order valence-electron chi connectivity index (χ2n) is 6.48. The first kappa shape index (κ1) is 25.1. The fraction of sp³-hybridized carbons (Fsp3) is 0.300. The summed E-state index contributed by atoms with van der Waals surface area (Å²) in [4.78, 5) is 35.7. The number of nitrogens with one attached hydrogen (secondary N) is 1. The highest BCUT2D eigenvalue weighted by molar-refractivity contribution is 9.09. The third kappa shape index (κ3) is 5.55. The van der Waals surface area contributed by atoms with Gasteiger partial charge >= 0.3 is 18.1 Å². The number of hydrogen-bond donors (Lipinski definition) is 1. The van der Waals surface area contributed by atoms with Gasteiger partial charge in [-0.1, -0.05) is 28.1 Å². The first-order chi connectivity index (χ1) is 15.0. The smallest absolute Gasteiger partial charge is 0.431 e. The van der Waals surface area contributed by atoms with Gasteiger partial charge in [0.1, 0.15) is 5.70 Å². The van der Waals surface area contributed by atoms with Crippen LogP contribution in [0.1, 0.15) is 24.8 Å². The van der Waals surface area contributed by atoms with Gasteiger partial charge < -0.3 is 14.8 Å². The van der Waals surface area contributed by atoms with E-state index in [1.54, 1.807) is 0 Å². The molecule has 1 aromatic rings. The topological polar surface area (TPSA) is 108 Å². The maximum Gasteiger partial charge on any atom is 0.431 e. The summed E-state index contributed by atoms with van der Waals surface area (Å²) in [5.74, 6) is -4.01. The van der Waals surface area contributed by atoms with Crippen LogP contribution in [0.4, 0.5) is 18.9 Å². The molecule has 1 heterocycles. The van der Waals surface area contributed by atoms with Gasteiger partial charge in [0, 0.05) is 23.2 Å². The van der Waals surface area contributed by atoms with Crippen molar-refractivity contribution in [3.8, 4) is 0 Å². The molecule has 0 aliphatic carbocycles. The Morgan fingerprint density at radius 1 is 1.28 bits per heavy atom. The monoisotopic (exact) mass is 518 g/mol. The molecular weight excluding hydrogens is 501 g/mol. The zero-order valence-corrected chi connectivity index (χ0v) is 18.5. The van der Waals surface area contributed by atoms with Crippen LogP contribution in [0.25, 0.3) is 0 Å². The first-order valence-corrected chi connectivity index (χ1v) is 10.2. The normalized spacial score (nSPS) is 16.8. The zero-order chi connectivity index (χ0) is 24.1. The van der Waals surface area contributed by atoms with E-state index in [0.29, 0.717) is 11.8 Å². The Bertz CT molecular complexity index is 1020. The number of nitro groups is 1. The number of halogens is 4. The Hall–Kier alpha value is -3.15. The maximum atomic E-state index is 13.8. The SMILES string of the molecule is COC(=O)C1=C(C(F)(F)F)NC(C)=C(C(=O)OC=CCCBr)C1c1cccc([N+](=O)[O-])c1. The molecule has 1 aromatic carbocycles. The molecule has 1 aliphatic rings. The van der Waals surface area contributed by atoms with Gasteiger partial charge in [0.05, 0.1) is 35.4 Å². The Morgan fingerprint density at radius 3 is 2.53 bits per heavy atom. The second kappa shape index (κ2) is 10.4. The zero-order valence-electron chi connectivity index (χ0n) is 16.9. The predicted octanol–water partition coefficient (Wildman–Crippen LogP) is 4.39. The summed E-state index contributed by atoms with van der Waals surface area (Å²) in [6.07, 6.45) is -1.90. The number of non-ortho nitro benzene ring substituents is 1. The minimum absolute atomic E-state index is 0.0846. The molecule has 2 rings (SSSR count). The predicted molar refractivity (Wildman–Crippen MR) is 110 cm³/mol. The van der Waals surface area contributed by atoms with Crippen LogP contribution in [0.2, 0.25) is 0 Å². The number of nitro benzene ring substituents is 1. The molecule has 0 fully saturated rings. The number of allylic oxidation sites excluding steroid dienone is 3. The molecule has 0 aromatic heterocycles. The van der Waals surface area contributed by atoms with Crippen molar-refractivity contribution in [2.75, 3.05) is 12.4 Å². The molecule has 1 atom stereocenters. The van der Waals surface area contributed by atoms with Crippen molar-refractivity contribution in [3.05, 3.63) is 74.8 Å². The van der Waals surface area contributed by atoms with Crippen molar-refractivity contribution in [2.45, 2.75) is 25.4 Å². The molecule has 1 aliphatic heterocycles. The molecule has 0 radical (unpaired) electrons. The van der Waals surface area contributed by atoms with Crippen LogP contribution in [0, 0.1) is 10.1 Å². The summed E-state index contributed by atoms with van der Waals surface area (Å²) in [7, 11) is 0.889. The summed E-state index contributed by atoms with van der Waals surface area (Å²) < 4.78 is 50.9. The third-order valence-corrected chi connectivity index (χ3v) is 4.89. The number of esters is 2. The lowest BCUT2D eigenvalue weighted by Crippen LogP contribution is -2.38. The van der Waals surface area contributed by atoms with Crippen molar-refractivity contribution in [1.82, 2.24) is 5.32 Å². The molecule has 8 nitrogen and oxygen atoms in total. The van der Waals surface area contributed by atoms with Gasteiger partial charge in [-0.2, -0.15) is 13.2 Å². The molecule has 12 heteroatoms. The van der Waals surface area contributed by atoms with Crippen LogP contribution in [0.3, 0.4) is 0 Å². The number of dihydropyridines is 1. The number of methoxy groups -OCH3 is 1. The van der Waals surface area contributed by atoms with Crippen molar-refractivity contribution in [2.24, 2.45) is 0 Å². The second-order valence-corrected chi connectivity index (χ2v) is 7.27. The highest BCUT2D eigenvalue weighted by atomic mass is 79.9. The van der Waals surface area contributed by atoms with Crippen molar-refractivity contribution in [3.63, 3.8) is 0 Å². The van der Waals surface area contributed by atoms with Crippen LogP contribution < -0.4 is 5.32 Å². The largest absolute Gasteiger partial charge is 0.466 e. The quantitative estimate of drug-likeness (QED) is 0.187. The van der Waals surface area contributed by atoms with Gasteiger partial charge in [-0.15, -0.1) is 0 Å². The van der Waals surface area contributed by atoms with Crippen LogP contribution in [0.15, 0.2) is 59.1 Å². The number of nitrogens with zero attached hydrogens (tertiary/aromatic N) is 1. The molecule has 1 unspecified atom stereocenters. The van der Waals surface area contributed by atoms with E-state index in [4.69, 9.17) is 4.74 Å². The van der Waals surface area contributed by atoms with E-state index in [2.05, 4.69) is 26.0 Å². The van der Waals surface area contributed by atoms with Crippen LogP contribution in [-0.2, 0) is 19.1 Å². The highest BCUT2D eigenvalue weighted by Gasteiger charge is 2.47. The molecule has 0 bridgehead atoms. The van der Waals surface area contributed by atoms with Gasteiger partial charge in [-0.3, -0.25) is 10.1 Å². The Morgan fingerprint density at radius 2 is 1.97 bits per heavy atom. The number of carbonyl (C=O) groups is 2. The van der Waals surface area contributed by atoms with E-state index in [0.717, 1.165) is 25.5 Å². The van der Waals surface area contributed by atoms with Crippen molar-refractivity contribution in [1.29, 1.82) is 0 Å². The average Bonchev–Trinajstić information content (AvgIpc) is 2.74. The molecule has 0 amide bonds. The van der Waals surface area contributed by atoms with Crippen LogP contribution >= 0.6 is 15.9 Å².